The van der Waals surface area contributed by atoms with Gasteiger partial charge in [0, 0.05) is 27.7 Å². The number of rotatable bonds is 9. The molecule has 266 valence electrons. The number of Topliss-reactive ketones (excluding diaryl/α,β-unsaturated/α-hetero) is 1. The fourth-order valence-electron chi connectivity index (χ4n) is 8.88. The number of carbonyl (C=O) groups is 3. The third kappa shape index (κ3) is 5.15. The zero-order chi connectivity index (χ0) is 35.6. The van der Waals surface area contributed by atoms with E-state index in [0.717, 1.165) is 0 Å². The van der Waals surface area contributed by atoms with E-state index in [1.165, 1.54) is 11.8 Å². The van der Waals surface area contributed by atoms with Gasteiger partial charge in [-0.1, -0.05) is 52.8 Å². The number of hydrogen-bond donors (Lipinski definition) is 3. The Morgan fingerprint density at radius 3 is 2.27 bits per heavy atom. The molecular weight excluding hydrogens is 659 g/mol. The number of thioether (sulfide) groups is 1. The molecule has 48 heavy (non-hydrogen) atoms. The van der Waals surface area contributed by atoms with Gasteiger partial charge in [0.15, 0.2) is 11.9 Å². The van der Waals surface area contributed by atoms with Crippen molar-refractivity contribution in [3.05, 3.63) is 47.0 Å². The van der Waals surface area contributed by atoms with Gasteiger partial charge < -0.3 is 38.8 Å². The van der Waals surface area contributed by atoms with Gasteiger partial charge in [0.1, 0.15) is 29.5 Å². The van der Waals surface area contributed by atoms with E-state index in [1.807, 2.05) is 6.26 Å². The van der Waals surface area contributed by atoms with Gasteiger partial charge in [0.05, 0.1) is 41.1 Å². The Balaban J connectivity index is 1.80. The molecule has 0 amide bonds. The maximum absolute atomic E-state index is 15.1. The zero-order valence-electron chi connectivity index (χ0n) is 28.8. The standard InChI is InChI=1S/C35H49O11PS/c1-18(2)26(46-47)29(39)44-21-15-34(40)30(45-28(38)20-12-10-9-11-13-20)33(7)32(6,27(37)25(36)24(19(21)3)31(34,4)5)22(43-17-48-8)14-23-35(33,41)16-42-23/h9-13,18,21-23,25-26,30,36,40-41H,14-17,47H2,1-8H3/t21?,22?,23?,25?,26?,30?,32-,33?,34?,35?/m0/s1. The molecule has 0 spiro atoms. The summed E-state index contributed by atoms with van der Waals surface area (Å²) in [7, 11) is 2.07. The lowest BCUT2D eigenvalue weighted by atomic mass is 9.38. The number of ketones is 1. The lowest BCUT2D eigenvalue weighted by Crippen LogP contribution is -2.86. The minimum Gasteiger partial charge on any atom is -0.456 e. The molecule has 1 heterocycles. The van der Waals surface area contributed by atoms with Gasteiger partial charge in [0.25, 0.3) is 0 Å². The van der Waals surface area contributed by atoms with Crippen molar-refractivity contribution < 1.29 is 53.2 Å². The lowest BCUT2D eigenvalue weighted by molar-refractivity contribution is -0.381. The Hall–Kier alpha value is -1.89. The number of hydrogen-bond acceptors (Lipinski definition) is 12. The molecule has 13 heteroatoms. The van der Waals surface area contributed by atoms with Crippen LogP contribution < -0.4 is 0 Å². The number of fused-ring (bicyclic) bond motifs is 5. The second kappa shape index (κ2) is 13.0. The highest BCUT2D eigenvalue weighted by molar-refractivity contribution is 7.98. The van der Waals surface area contributed by atoms with Crippen molar-refractivity contribution in [1.29, 1.82) is 0 Å². The SMILES string of the molecule is CSCOC1CC2OCC2(O)C2(C)C(OC(=O)c3ccccc3)C3(O)CC(OC(=O)C(OP)C(C)C)C(C)=C(C(O)C(=O)[C@]12C)C3(C)C. The summed E-state index contributed by atoms with van der Waals surface area (Å²) in [6, 6.07) is 8.24. The average Bonchev–Trinajstić information content (AvgIpc) is 3.03. The highest BCUT2D eigenvalue weighted by Gasteiger charge is 2.82. The predicted octanol–water partition coefficient (Wildman–Crippen LogP) is 3.63. The third-order valence-corrected chi connectivity index (χ3v) is 12.8. The molecule has 3 aliphatic carbocycles. The maximum atomic E-state index is 15.1. The van der Waals surface area contributed by atoms with Crippen molar-refractivity contribution in [2.75, 3.05) is 18.8 Å². The molecule has 3 fully saturated rings. The molecule has 1 aliphatic heterocycles. The van der Waals surface area contributed by atoms with Gasteiger partial charge in [0.2, 0.25) is 0 Å². The van der Waals surface area contributed by atoms with Crippen LogP contribution in [0.4, 0.5) is 0 Å². The van der Waals surface area contributed by atoms with Crippen LogP contribution in [0.2, 0.25) is 0 Å². The maximum Gasteiger partial charge on any atom is 0.338 e. The van der Waals surface area contributed by atoms with Crippen LogP contribution in [0.15, 0.2) is 41.5 Å². The molecule has 5 rings (SSSR count). The van der Waals surface area contributed by atoms with Crippen LogP contribution in [0.1, 0.15) is 71.7 Å². The predicted molar refractivity (Wildman–Crippen MR) is 181 cm³/mol. The van der Waals surface area contributed by atoms with E-state index in [2.05, 4.69) is 9.47 Å². The Bertz CT molecular complexity index is 1470. The summed E-state index contributed by atoms with van der Waals surface area (Å²) in [6.45, 7) is 11.6. The molecule has 10 unspecified atom stereocenters. The Morgan fingerprint density at radius 2 is 1.73 bits per heavy atom. The summed E-state index contributed by atoms with van der Waals surface area (Å²) in [5.41, 5.74) is -8.13. The number of aliphatic hydroxyl groups excluding tert-OH is 1. The lowest BCUT2D eigenvalue weighted by Gasteiger charge is -2.72. The summed E-state index contributed by atoms with van der Waals surface area (Å²) in [4.78, 5) is 42.6. The first kappa shape index (κ1) is 37.4. The molecule has 2 saturated carbocycles. The fourth-order valence-corrected chi connectivity index (χ4v) is 9.61. The van der Waals surface area contributed by atoms with Crippen LogP contribution in [-0.4, -0.2) is 99.7 Å². The molecule has 4 aliphatic rings. The van der Waals surface area contributed by atoms with E-state index in [1.54, 1.807) is 78.8 Å². The molecule has 3 N–H and O–H groups in total. The quantitative estimate of drug-likeness (QED) is 0.148. The van der Waals surface area contributed by atoms with Gasteiger partial charge in [-0.15, -0.1) is 11.8 Å². The van der Waals surface area contributed by atoms with E-state index >= 15 is 4.79 Å². The van der Waals surface area contributed by atoms with Crippen molar-refractivity contribution in [3.8, 4) is 0 Å². The van der Waals surface area contributed by atoms with Crippen molar-refractivity contribution in [1.82, 2.24) is 0 Å². The van der Waals surface area contributed by atoms with Crippen LogP contribution in [0.5, 0.6) is 0 Å². The number of carbonyl (C=O) groups excluding carboxylic acids is 3. The Morgan fingerprint density at radius 1 is 1.08 bits per heavy atom. The molecule has 0 aromatic heterocycles. The second-order valence-electron chi connectivity index (χ2n) is 14.9. The molecular formula is C35H49O11PS. The summed E-state index contributed by atoms with van der Waals surface area (Å²) in [5, 5.41) is 38.2. The Labute approximate surface area is 288 Å². The van der Waals surface area contributed by atoms with E-state index in [9.17, 15) is 24.9 Å². The summed E-state index contributed by atoms with van der Waals surface area (Å²) >= 11 is 1.40. The second-order valence-corrected chi connectivity index (χ2v) is 16.0. The van der Waals surface area contributed by atoms with Crippen molar-refractivity contribution in [2.24, 2.45) is 22.2 Å². The third-order valence-electron chi connectivity index (χ3n) is 12.1. The summed E-state index contributed by atoms with van der Waals surface area (Å²) < 4.78 is 30.0. The normalized spacial score (nSPS) is 39.4. The molecule has 1 saturated heterocycles. The first-order valence-corrected chi connectivity index (χ1v) is 18.2. The van der Waals surface area contributed by atoms with Gasteiger partial charge in [-0.2, -0.15) is 0 Å². The van der Waals surface area contributed by atoms with Crippen molar-refractivity contribution >= 4 is 39.0 Å². The molecule has 1 aromatic rings. The van der Waals surface area contributed by atoms with Gasteiger partial charge >= 0.3 is 11.9 Å². The van der Waals surface area contributed by atoms with E-state index in [-0.39, 0.29) is 42.4 Å². The van der Waals surface area contributed by atoms with Crippen molar-refractivity contribution in [3.63, 3.8) is 0 Å². The minimum atomic E-state index is -2.12. The first-order chi connectivity index (χ1) is 22.4. The fraction of sp³-hybridized carbons (Fsp3) is 0.686. The highest BCUT2D eigenvalue weighted by atomic mass is 32.2. The van der Waals surface area contributed by atoms with Crippen molar-refractivity contribution in [2.45, 2.75) is 109 Å². The topological polar surface area (TPSA) is 158 Å². The molecule has 11 atom stereocenters. The van der Waals surface area contributed by atoms with Crippen LogP contribution in [-0.2, 0) is 33.1 Å². The van der Waals surface area contributed by atoms with Gasteiger partial charge in [-0.05, 0) is 49.3 Å². The molecule has 11 nitrogen and oxygen atoms in total. The molecule has 2 bridgehead atoms. The van der Waals surface area contributed by atoms with Gasteiger partial charge in [-0.3, -0.25) is 4.79 Å². The smallest absolute Gasteiger partial charge is 0.338 e. The summed E-state index contributed by atoms with van der Waals surface area (Å²) in [5.74, 6) is -2.21. The van der Waals surface area contributed by atoms with Crippen LogP contribution in [0.25, 0.3) is 0 Å². The van der Waals surface area contributed by atoms with Gasteiger partial charge in [-0.25, -0.2) is 9.59 Å². The van der Waals surface area contributed by atoms with E-state index < -0.39 is 81.8 Å². The average molecular weight is 709 g/mol. The van der Waals surface area contributed by atoms with E-state index in [4.69, 9.17) is 23.5 Å². The van der Waals surface area contributed by atoms with Crippen LogP contribution in [0.3, 0.4) is 0 Å². The minimum absolute atomic E-state index is 0.132. The summed E-state index contributed by atoms with van der Waals surface area (Å²) in [6.07, 6.45) is -5.51. The van der Waals surface area contributed by atoms with E-state index in [0.29, 0.717) is 5.57 Å². The number of aliphatic hydroxyl groups is 3. The Kier molecular flexibility index (Phi) is 10.1. The largest absolute Gasteiger partial charge is 0.456 e. The number of esters is 2. The number of ether oxygens (including phenoxy) is 4. The molecule has 1 aromatic carbocycles. The zero-order valence-corrected chi connectivity index (χ0v) is 30.8. The first-order valence-electron chi connectivity index (χ1n) is 16.3. The number of benzene rings is 1. The monoisotopic (exact) mass is 708 g/mol. The molecule has 0 radical (unpaired) electrons. The highest BCUT2D eigenvalue weighted by Crippen LogP contribution is 2.69. The van der Waals surface area contributed by atoms with Crippen LogP contribution in [0, 0.1) is 22.2 Å². The van der Waals surface area contributed by atoms with Crippen LogP contribution >= 0.6 is 21.2 Å².